The van der Waals surface area contributed by atoms with Crippen LogP contribution in [0.25, 0.3) is 11.2 Å². The van der Waals surface area contributed by atoms with Crippen molar-refractivity contribution in [1.82, 2.24) is 19.5 Å². The molecular weight excluding hydrogens is 356 g/mol. The third kappa shape index (κ3) is 3.42. The number of hydrogen-bond donors (Lipinski definition) is 0. The molecule has 2 aromatic heterocycles. The van der Waals surface area contributed by atoms with Crippen molar-refractivity contribution in [2.45, 2.75) is 44.9 Å². The van der Waals surface area contributed by atoms with Gasteiger partial charge in [0.15, 0.2) is 17.4 Å². The highest BCUT2D eigenvalue weighted by Gasteiger charge is 2.23. The van der Waals surface area contributed by atoms with Crippen LogP contribution in [0.1, 0.15) is 43.9 Å². The normalized spacial score (nSPS) is 20.4. The van der Waals surface area contributed by atoms with Gasteiger partial charge in [0.25, 0.3) is 0 Å². The van der Waals surface area contributed by atoms with Crippen molar-refractivity contribution in [3.63, 3.8) is 0 Å². The van der Waals surface area contributed by atoms with E-state index < -0.39 is 0 Å². The molecule has 0 radical (unpaired) electrons. The van der Waals surface area contributed by atoms with E-state index in [9.17, 15) is 0 Å². The molecule has 7 heteroatoms. The highest BCUT2D eigenvalue weighted by atomic mass is 16.6. The Morgan fingerprint density at radius 2 is 1.96 bits per heavy atom. The molecule has 28 heavy (non-hydrogen) atoms. The zero-order valence-electron chi connectivity index (χ0n) is 15.8. The second kappa shape index (κ2) is 7.75. The standard InChI is InChI=1S/C21H24N4O3/c1-2-6-15(7-3-1)10-28-21-19-20(22-13-23-21)25(14-24-19)18-12-26-17-9-5-4-8-16(17)11-27-18/h4-5,8-9,13-15,18H,1-3,6-7,10-12H2. The average Bonchev–Trinajstić information content (AvgIpc) is 3.07. The summed E-state index contributed by atoms with van der Waals surface area (Å²) in [4.78, 5) is 13.3. The molecule has 0 bridgehead atoms. The summed E-state index contributed by atoms with van der Waals surface area (Å²) in [5, 5.41) is 0. The molecule has 1 aliphatic carbocycles. The van der Waals surface area contributed by atoms with E-state index in [4.69, 9.17) is 14.2 Å². The van der Waals surface area contributed by atoms with Crippen LogP contribution in [-0.2, 0) is 11.3 Å². The Hall–Kier alpha value is -2.67. The van der Waals surface area contributed by atoms with Gasteiger partial charge >= 0.3 is 0 Å². The lowest BCUT2D eigenvalue weighted by Gasteiger charge is -2.21. The largest absolute Gasteiger partial charge is 0.488 e. The van der Waals surface area contributed by atoms with Crippen LogP contribution in [0.15, 0.2) is 36.9 Å². The molecule has 3 heterocycles. The number of rotatable bonds is 4. The number of nitrogens with zero attached hydrogens (tertiary/aromatic N) is 4. The van der Waals surface area contributed by atoms with Gasteiger partial charge in [-0.1, -0.05) is 37.5 Å². The van der Waals surface area contributed by atoms with Crippen LogP contribution in [0.5, 0.6) is 11.6 Å². The maximum atomic E-state index is 6.07. The molecule has 5 rings (SSSR count). The minimum absolute atomic E-state index is 0.307. The van der Waals surface area contributed by atoms with Crippen LogP contribution in [-0.4, -0.2) is 32.7 Å². The van der Waals surface area contributed by atoms with E-state index in [0.29, 0.717) is 42.8 Å². The Labute approximate surface area is 163 Å². The third-order valence-corrected chi connectivity index (χ3v) is 5.60. The summed E-state index contributed by atoms with van der Waals surface area (Å²) in [5.41, 5.74) is 2.41. The minimum atomic E-state index is -0.307. The Kier molecular flexibility index (Phi) is 4.83. The van der Waals surface area contributed by atoms with E-state index in [1.807, 2.05) is 28.8 Å². The lowest BCUT2D eigenvalue weighted by molar-refractivity contribution is -0.0236. The molecular formula is C21H24N4O3. The van der Waals surface area contributed by atoms with Gasteiger partial charge in [-0.25, -0.2) is 9.97 Å². The zero-order chi connectivity index (χ0) is 18.8. The Bertz CT molecular complexity index is 925. The Balaban J connectivity index is 1.35. The molecule has 0 spiro atoms. The van der Waals surface area contributed by atoms with Crippen LogP contribution >= 0.6 is 0 Å². The molecule has 0 amide bonds. The summed E-state index contributed by atoms with van der Waals surface area (Å²) in [6.45, 7) is 1.57. The average molecular weight is 380 g/mol. The number of fused-ring (bicyclic) bond motifs is 2. The summed E-state index contributed by atoms with van der Waals surface area (Å²) in [7, 11) is 0. The van der Waals surface area contributed by atoms with Crippen molar-refractivity contribution in [3.05, 3.63) is 42.5 Å². The number of ether oxygens (including phenoxy) is 3. The number of imidazole rings is 1. The number of hydrogen-bond acceptors (Lipinski definition) is 6. The number of para-hydroxylation sites is 1. The lowest BCUT2D eigenvalue weighted by atomic mass is 9.90. The van der Waals surface area contributed by atoms with Crippen LogP contribution < -0.4 is 9.47 Å². The van der Waals surface area contributed by atoms with Crippen LogP contribution in [0.2, 0.25) is 0 Å². The molecule has 3 aromatic rings. The minimum Gasteiger partial charge on any atom is -0.488 e. The van der Waals surface area contributed by atoms with Crippen molar-refractivity contribution in [3.8, 4) is 11.6 Å². The topological polar surface area (TPSA) is 71.3 Å². The predicted octanol–water partition coefficient (Wildman–Crippen LogP) is 3.89. The van der Waals surface area contributed by atoms with Gasteiger partial charge in [-0.2, -0.15) is 4.98 Å². The van der Waals surface area contributed by atoms with Gasteiger partial charge in [0.05, 0.1) is 19.5 Å². The number of aromatic nitrogens is 4. The van der Waals surface area contributed by atoms with E-state index in [1.165, 1.54) is 38.4 Å². The van der Waals surface area contributed by atoms with Crippen LogP contribution in [0, 0.1) is 5.92 Å². The van der Waals surface area contributed by atoms with E-state index in [2.05, 4.69) is 15.0 Å². The monoisotopic (exact) mass is 380 g/mol. The van der Waals surface area contributed by atoms with Gasteiger partial charge in [0.1, 0.15) is 18.7 Å². The molecule has 2 aliphatic rings. The summed E-state index contributed by atoms with van der Waals surface area (Å²) < 4.78 is 20.0. The molecule has 1 saturated carbocycles. The summed E-state index contributed by atoms with van der Waals surface area (Å²) in [6, 6.07) is 7.94. The second-order valence-corrected chi connectivity index (χ2v) is 7.50. The first-order chi connectivity index (χ1) is 13.9. The SMILES string of the molecule is c1ccc2c(c1)COC(n1cnc3c(OCC4CCCCC4)ncnc31)CO2. The van der Waals surface area contributed by atoms with E-state index in [-0.39, 0.29) is 6.23 Å². The van der Waals surface area contributed by atoms with Crippen molar-refractivity contribution in [1.29, 1.82) is 0 Å². The molecule has 1 fully saturated rings. The molecule has 1 aromatic carbocycles. The van der Waals surface area contributed by atoms with Crippen LogP contribution in [0.3, 0.4) is 0 Å². The first-order valence-electron chi connectivity index (χ1n) is 10.0. The fraction of sp³-hybridized carbons (Fsp3) is 0.476. The van der Waals surface area contributed by atoms with Gasteiger partial charge in [-0.3, -0.25) is 4.57 Å². The van der Waals surface area contributed by atoms with E-state index in [0.717, 1.165) is 11.3 Å². The van der Waals surface area contributed by atoms with E-state index in [1.54, 1.807) is 6.33 Å². The molecule has 1 aliphatic heterocycles. The van der Waals surface area contributed by atoms with Gasteiger partial charge < -0.3 is 14.2 Å². The molecule has 7 nitrogen and oxygen atoms in total. The quantitative estimate of drug-likeness (QED) is 0.684. The highest BCUT2D eigenvalue weighted by molar-refractivity contribution is 5.76. The van der Waals surface area contributed by atoms with Gasteiger partial charge in [-0.15, -0.1) is 0 Å². The van der Waals surface area contributed by atoms with E-state index >= 15 is 0 Å². The molecule has 0 N–H and O–H groups in total. The maximum absolute atomic E-state index is 6.07. The van der Waals surface area contributed by atoms with Gasteiger partial charge in [0.2, 0.25) is 5.88 Å². The molecule has 1 atom stereocenters. The summed E-state index contributed by atoms with van der Waals surface area (Å²) >= 11 is 0. The third-order valence-electron chi connectivity index (χ3n) is 5.60. The fourth-order valence-electron chi connectivity index (χ4n) is 4.02. The summed E-state index contributed by atoms with van der Waals surface area (Å²) in [6.07, 6.45) is 9.35. The Morgan fingerprint density at radius 1 is 1.07 bits per heavy atom. The van der Waals surface area contributed by atoms with Gasteiger partial charge in [-0.05, 0) is 24.8 Å². The maximum Gasteiger partial charge on any atom is 0.245 e. The number of benzene rings is 1. The van der Waals surface area contributed by atoms with Crippen molar-refractivity contribution >= 4 is 11.2 Å². The van der Waals surface area contributed by atoms with Crippen molar-refractivity contribution < 1.29 is 14.2 Å². The van der Waals surface area contributed by atoms with Crippen molar-refractivity contribution in [2.75, 3.05) is 13.2 Å². The molecule has 1 unspecified atom stereocenters. The van der Waals surface area contributed by atoms with Gasteiger partial charge in [0, 0.05) is 5.56 Å². The fourth-order valence-corrected chi connectivity index (χ4v) is 4.02. The Morgan fingerprint density at radius 3 is 2.89 bits per heavy atom. The summed E-state index contributed by atoms with van der Waals surface area (Å²) in [5.74, 6) is 2.02. The zero-order valence-corrected chi connectivity index (χ0v) is 15.8. The smallest absolute Gasteiger partial charge is 0.245 e. The molecule has 0 saturated heterocycles. The van der Waals surface area contributed by atoms with Crippen LogP contribution in [0.4, 0.5) is 0 Å². The molecule has 146 valence electrons. The predicted molar refractivity (Wildman–Crippen MR) is 103 cm³/mol. The lowest BCUT2D eigenvalue weighted by Crippen LogP contribution is -2.18. The second-order valence-electron chi connectivity index (χ2n) is 7.50. The first kappa shape index (κ1) is 17.4. The van der Waals surface area contributed by atoms with Crippen molar-refractivity contribution in [2.24, 2.45) is 5.92 Å². The first-order valence-corrected chi connectivity index (χ1v) is 10.0. The highest BCUT2D eigenvalue weighted by Crippen LogP contribution is 2.30.